The van der Waals surface area contributed by atoms with E-state index in [9.17, 15) is 9.59 Å². The van der Waals surface area contributed by atoms with Gasteiger partial charge in [-0.25, -0.2) is 0 Å². The lowest BCUT2D eigenvalue weighted by Gasteiger charge is -2.26. The van der Waals surface area contributed by atoms with Gasteiger partial charge in [0.15, 0.2) is 0 Å². The zero-order chi connectivity index (χ0) is 15.8. The van der Waals surface area contributed by atoms with Gasteiger partial charge in [-0.2, -0.15) is 0 Å². The van der Waals surface area contributed by atoms with Gasteiger partial charge in [0.05, 0.1) is 0 Å². The first-order valence-corrected chi connectivity index (χ1v) is 7.65. The molecule has 0 radical (unpaired) electrons. The molecule has 2 N–H and O–H groups in total. The van der Waals surface area contributed by atoms with E-state index in [4.69, 9.17) is 5.11 Å². The molecule has 0 saturated carbocycles. The second-order valence-electron chi connectivity index (χ2n) is 6.82. The lowest BCUT2D eigenvalue weighted by Crippen LogP contribution is -2.30. The minimum Gasteiger partial charge on any atom is -0.481 e. The number of hydrogen-bond donors (Lipinski definition) is 2. The van der Waals surface area contributed by atoms with E-state index in [1.54, 1.807) is 0 Å². The van der Waals surface area contributed by atoms with Crippen LogP contribution in [0.25, 0.3) is 0 Å². The molecule has 0 aliphatic heterocycles. The van der Waals surface area contributed by atoms with Crippen molar-refractivity contribution in [3.05, 3.63) is 0 Å². The van der Waals surface area contributed by atoms with Crippen molar-refractivity contribution < 1.29 is 14.7 Å². The van der Waals surface area contributed by atoms with E-state index in [0.29, 0.717) is 31.2 Å². The van der Waals surface area contributed by atoms with Crippen molar-refractivity contribution in [2.45, 2.75) is 66.7 Å². The summed E-state index contributed by atoms with van der Waals surface area (Å²) in [6.45, 7) is 11.2. The highest BCUT2D eigenvalue weighted by atomic mass is 16.4. The van der Waals surface area contributed by atoms with Crippen molar-refractivity contribution in [3.63, 3.8) is 0 Å². The Balaban J connectivity index is 3.92. The molecule has 0 aromatic carbocycles. The highest BCUT2D eigenvalue weighted by Gasteiger charge is 2.22. The Bertz CT molecular complexity index is 307. The van der Waals surface area contributed by atoms with E-state index in [1.807, 2.05) is 0 Å². The maximum absolute atomic E-state index is 11.8. The summed E-state index contributed by atoms with van der Waals surface area (Å²) < 4.78 is 0. The van der Waals surface area contributed by atoms with E-state index in [1.165, 1.54) is 0 Å². The Morgan fingerprint density at radius 1 is 1.20 bits per heavy atom. The Labute approximate surface area is 123 Å². The molecule has 1 amide bonds. The molecule has 2 unspecified atom stereocenters. The minimum absolute atomic E-state index is 0.0977. The molecule has 0 aromatic heterocycles. The number of nitrogens with one attached hydrogen (secondary N) is 1. The summed E-state index contributed by atoms with van der Waals surface area (Å²) in [7, 11) is 0. The first-order chi connectivity index (χ1) is 9.16. The van der Waals surface area contributed by atoms with Crippen LogP contribution in [0, 0.1) is 17.3 Å². The summed E-state index contributed by atoms with van der Waals surface area (Å²) >= 11 is 0. The van der Waals surface area contributed by atoms with Crippen molar-refractivity contribution in [2.75, 3.05) is 6.54 Å². The largest absolute Gasteiger partial charge is 0.481 e. The van der Waals surface area contributed by atoms with Crippen LogP contribution < -0.4 is 5.32 Å². The van der Waals surface area contributed by atoms with Gasteiger partial charge >= 0.3 is 5.97 Å². The van der Waals surface area contributed by atoms with E-state index >= 15 is 0 Å². The molecule has 0 aliphatic carbocycles. The molecule has 0 aliphatic rings. The molecule has 20 heavy (non-hydrogen) atoms. The third-order valence-electron chi connectivity index (χ3n) is 4.19. The van der Waals surface area contributed by atoms with Crippen LogP contribution in [0.4, 0.5) is 0 Å². The van der Waals surface area contributed by atoms with Gasteiger partial charge in [-0.3, -0.25) is 9.59 Å². The van der Waals surface area contributed by atoms with Gasteiger partial charge in [0.2, 0.25) is 5.91 Å². The lowest BCUT2D eigenvalue weighted by atomic mass is 9.80. The summed E-state index contributed by atoms with van der Waals surface area (Å²) in [6, 6.07) is 0. The predicted molar refractivity (Wildman–Crippen MR) is 81.5 cm³/mol. The number of carbonyl (C=O) groups excluding carboxylic acids is 1. The number of carbonyl (C=O) groups is 2. The van der Waals surface area contributed by atoms with Crippen LogP contribution in [0.2, 0.25) is 0 Å². The smallest absolute Gasteiger partial charge is 0.303 e. The zero-order valence-corrected chi connectivity index (χ0v) is 13.7. The van der Waals surface area contributed by atoms with Crippen LogP contribution >= 0.6 is 0 Å². The SMILES string of the molecule is CCC(CCNC(=O)CC(C)C(C)(C)C)CCC(=O)O. The summed E-state index contributed by atoms with van der Waals surface area (Å²) in [5.41, 5.74) is 0.144. The molecule has 0 rings (SSSR count). The third kappa shape index (κ3) is 8.94. The standard InChI is InChI=1S/C16H31NO3/c1-6-13(7-8-15(19)20)9-10-17-14(18)11-12(2)16(3,4)5/h12-13H,6-11H2,1-5H3,(H,17,18)(H,19,20). The van der Waals surface area contributed by atoms with Crippen LogP contribution in [0.3, 0.4) is 0 Å². The van der Waals surface area contributed by atoms with Gasteiger partial charge in [-0.05, 0) is 30.1 Å². The molecule has 0 bridgehead atoms. The highest BCUT2D eigenvalue weighted by molar-refractivity contribution is 5.76. The zero-order valence-electron chi connectivity index (χ0n) is 13.7. The Morgan fingerprint density at radius 3 is 2.25 bits per heavy atom. The maximum Gasteiger partial charge on any atom is 0.303 e. The quantitative estimate of drug-likeness (QED) is 0.682. The second-order valence-corrected chi connectivity index (χ2v) is 6.82. The van der Waals surface area contributed by atoms with Crippen molar-refractivity contribution >= 4 is 11.9 Å². The fraction of sp³-hybridized carbons (Fsp3) is 0.875. The maximum atomic E-state index is 11.8. The molecule has 0 aromatic rings. The number of carboxylic acid groups (broad SMARTS) is 1. The number of aliphatic carboxylic acids is 1. The van der Waals surface area contributed by atoms with Crippen LogP contribution in [0.5, 0.6) is 0 Å². The van der Waals surface area contributed by atoms with Crippen molar-refractivity contribution in [2.24, 2.45) is 17.3 Å². The fourth-order valence-electron chi connectivity index (χ4n) is 1.95. The predicted octanol–water partition coefficient (Wildman–Crippen LogP) is 3.46. The van der Waals surface area contributed by atoms with E-state index in [2.05, 4.69) is 39.9 Å². The fourth-order valence-corrected chi connectivity index (χ4v) is 1.95. The molecular weight excluding hydrogens is 254 g/mol. The average molecular weight is 285 g/mol. The van der Waals surface area contributed by atoms with Crippen molar-refractivity contribution in [1.82, 2.24) is 5.32 Å². The molecule has 0 heterocycles. The molecule has 2 atom stereocenters. The lowest BCUT2D eigenvalue weighted by molar-refractivity contribution is -0.137. The van der Waals surface area contributed by atoms with E-state index < -0.39 is 5.97 Å². The van der Waals surface area contributed by atoms with Gasteiger partial charge < -0.3 is 10.4 Å². The summed E-state index contributed by atoms with van der Waals surface area (Å²) in [4.78, 5) is 22.4. The molecular formula is C16H31NO3. The number of carboxylic acids is 1. The number of amides is 1. The molecule has 118 valence electrons. The highest BCUT2D eigenvalue weighted by Crippen LogP contribution is 2.27. The second kappa shape index (κ2) is 8.98. The van der Waals surface area contributed by atoms with Crippen molar-refractivity contribution in [1.29, 1.82) is 0 Å². The van der Waals surface area contributed by atoms with Gasteiger partial charge in [-0.15, -0.1) is 0 Å². The van der Waals surface area contributed by atoms with Gasteiger partial charge in [0.25, 0.3) is 0 Å². The summed E-state index contributed by atoms with van der Waals surface area (Å²) in [5, 5.41) is 11.6. The number of rotatable bonds is 9. The van der Waals surface area contributed by atoms with Crippen LogP contribution in [0.15, 0.2) is 0 Å². The minimum atomic E-state index is -0.744. The molecule has 4 heteroatoms. The normalized spacial score (nSPS) is 14.7. The Kier molecular flexibility index (Phi) is 8.51. The van der Waals surface area contributed by atoms with Crippen molar-refractivity contribution in [3.8, 4) is 0 Å². The molecule has 0 saturated heterocycles. The third-order valence-corrected chi connectivity index (χ3v) is 4.19. The molecule has 4 nitrogen and oxygen atoms in total. The van der Waals surface area contributed by atoms with Crippen LogP contribution in [0.1, 0.15) is 66.7 Å². The summed E-state index contributed by atoms with van der Waals surface area (Å²) in [6.07, 6.45) is 3.28. The van der Waals surface area contributed by atoms with Gasteiger partial charge in [0.1, 0.15) is 0 Å². The monoisotopic (exact) mass is 285 g/mol. The van der Waals surface area contributed by atoms with Crippen LogP contribution in [-0.4, -0.2) is 23.5 Å². The topological polar surface area (TPSA) is 66.4 Å². The van der Waals surface area contributed by atoms with Gasteiger partial charge in [0, 0.05) is 19.4 Å². The Hall–Kier alpha value is -1.06. The first-order valence-electron chi connectivity index (χ1n) is 7.65. The van der Waals surface area contributed by atoms with Gasteiger partial charge in [-0.1, -0.05) is 41.0 Å². The molecule has 0 fully saturated rings. The van der Waals surface area contributed by atoms with E-state index in [-0.39, 0.29) is 17.7 Å². The number of hydrogen-bond acceptors (Lipinski definition) is 2. The van der Waals surface area contributed by atoms with E-state index in [0.717, 1.165) is 12.8 Å². The molecule has 0 spiro atoms. The van der Waals surface area contributed by atoms with Crippen LogP contribution in [-0.2, 0) is 9.59 Å². The summed E-state index contributed by atoms with van der Waals surface area (Å²) in [5.74, 6) is 0.0786. The first kappa shape index (κ1) is 18.9. The average Bonchev–Trinajstić information content (AvgIpc) is 2.31. The Morgan fingerprint density at radius 2 is 1.80 bits per heavy atom.